The monoisotopic (exact) mass is 238 g/mol. The maximum Gasteiger partial charge on any atom is 0.242 e. The first kappa shape index (κ1) is 11.6. The number of thiophene rings is 1. The summed E-state index contributed by atoms with van der Waals surface area (Å²) in [6.45, 7) is 4.15. The fourth-order valence-corrected chi connectivity index (χ4v) is 2.62. The van der Waals surface area contributed by atoms with Gasteiger partial charge in [0.15, 0.2) is 0 Å². The number of nitrogens with one attached hydrogen (secondary N) is 1. The van der Waals surface area contributed by atoms with Crippen molar-refractivity contribution in [2.75, 3.05) is 0 Å². The zero-order valence-electron chi connectivity index (χ0n) is 9.69. The van der Waals surface area contributed by atoms with Crippen LogP contribution in [-0.2, 0) is 4.79 Å². The molecule has 4 heteroatoms. The molecule has 1 amide bonds. The molecule has 2 rings (SSSR count). The molecule has 0 bridgehead atoms. The zero-order valence-corrected chi connectivity index (χ0v) is 10.5. The van der Waals surface area contributed by atoms with Crippen LogP contribution >= 0.6 is 11.3 Å². The van der Waals surface area contributed by atoms with Crippen LogP contribution in [0, 0.1) is 5.92 Å². The van der Waals surface area contributed by atoms with Gasteiger partial charge in [-0.2, -0.15) is 0 Å². The third-order valence-corrected chi connectivity index (χ3v) is 4.13. The molecule has 0 saturated heterocycles. The van der Waals surface area contributed by atoms with E-state index in [1.807, 2.05) is 17.5 Å². The summed E-state index contributed by atoms with van der Waals surface area (Å²) >= 11 is 1.52. The predicted molar refractivity (Wildman–Crippen MR) is 66.2 cm³/mol. The standard InChI is InChI=1S/C12H18N2OS/c1-12(2,8-5-6-8)14-11(15)10(13)9-4-3-7-16-9/h3-4,7-8,10H,5-6,13H2,1-2H3,(H,14,15). The van der Waals surface area contributed by atoms with E-state index in [0.29, 0.717) is 5.92 Å². The molecule has 16 heavy (non-hydrogen) atoms. The van der Waals surface area contributed by atoms with Crippen LogP contribution in [0.3, 0.4) is 0 Å². The van der Waals surface area contributed by atoms with Crippen LogP contribution in [-0.4, -0.2) is 11.4 Å². The Kier molecular flexibility index (Phi) is 3.04. The largest absolute Gasteiger partial charge is 0.349 e. The van der Waals surface area contributed by atoms with E-state index in [1.54, 1.807) is 0 Å². The molecule has 0 spiro atoms. The van der Waals surface area contributed by atoms with Gasteiger partial charge in [-0.3, -0.25) is 4.79 Å². The van der Waals surface area contributed by atoms with Crippen molar-refractivity contribution in [2.45, 2.75) is 38.3 Å². The number of carbonyl (C=O) groups excluding carboxylic acids is 1. The second-order valence-electron chi connectivity index (χ2n) is 4.98. The van der Waals surface area contributed by atoms with E-state index >= 15 is 0 Å². The van der Waals surface area contributed by atoms with Crippen molar-refractivity contribution in [1.29, 1.82) is 0 Å². The van der Waals surface area contributed by atoms with E-state index < -0.39 is 6.04 Å². The Bertz CT molecular complexity index is 368. The topological polar surface area (TPSA) is 55.1 Å². The van der Waals surface area contributed by atoms with Gasteiger partial charge in [0.2, 0.25) is 5.91 Å². The van der Waals surface area contributed by atoms with Crippen LogP contribution in [0.15, 0.2) is 17.5 Å². The molecule has 1 aromatic heterocycles. The highest BCUT2D eigenvalue weighted by atomic mass is 32.1. The van der Waals surface area contributed by atoms with Gasteiger partial charge in [0.1, 0.15) is 6.04 Å². The minimum absolute atomic E-state index is 0.0700. The summed E-state index contributed by atoms with van der Waals surface area (Å²) in [5.41, 5.74) is 5.79. The van der Waals surface area contributed by atoms with Crippen molar-refractivity contribution in [1.82, 2.24) is 5.32 Å². The van der Waals surface area contributed by atoms with Gasteiger partial charge in [-0.15, -0.1) is 11.3 Å². The highest BCUT2D eigenvalue weighted by molar-refractivity contribution is 7.10. The summed E-state index contributed by atoms with van der Waals surface area (Å²) in [4.78, 5) is 12.9. The smallest absolute Gasteiger partial charge is 0.242 e. The second-order valence-corrected chi connectivity index (χ2v) is 5.96. The molecule has 3 N–H and O–H groups in total. The van der Waals surface area contributed by atoms with E-state index in [0.717, 1.165) is 4.88 Å². The molecule has 1 aliphatic carbocycles. The minimum Gasteiger partial charge on any atom is -0.349 e. The predicted octanol–water partition coefficient (Wildman–Crippen LogP) is 2.05. The highest BCUT2D eigenvalue weighted by Crippen LogP contribution is 2.39. The lowest BCUT2D eigenvalue weighted by Gasteiger charge is -2.27. The molecule has 88 valence electrons. The molecule has 1 unspecified atom stereocenters. The third-order valence-electron chi connectivity index (χ3n) is 3.18. The van der Waals surface area contributed by atoms with Gasteiger partial charge < -0.3 is 11.1 Å². The van der Waals surface area contributed by atoms with Crippen molar-refractivity contribution in [3.63, 3.8) is 0 Å². The fraction of sp³-hybridized carbons (Fsp3) is 0.583. The van der Waals surface area contributed by atoms with Crippen LogP contribution in [0.1, 0.15) is 37.6 Å². The average Bonchev–Trinajstić information content (AvgIpc) is 2.94. The summed E-state index contributed by atoms with van der Waals surface area (Å²) in [5.74, 6) is 0.548. The van der Waals surface area contributed by atoms with E-state index in [4.69, 9.17) is 5.73 Å². The number of rotatable bonds is 4. The van der Waals surface area contributed by atoms with Gasteiger partial charge in [0.05, 0.1) is 0 Å². The van der Waals surface area contributed by atoms with Crippen LogP contribution in [0.5, 0.6) is 0 Å². The number of nitrogens with two attached hydrogens (primary N) is 1. The van der Waals surface area contributed by atoms with Gasteiger partial charge in [-0.05, 0) is 44.1 Å². The van der Waals surface area contributed by atoms with Crippen LogP contribution in [0.4, 0.5) is 0 Å². The van der Waals surface area contributed by atoms with E-state index in [2.05, 4.69) is 19.2 Å². The Morgan fingerprint density at radius 3 is 2.81 bits per heavy atom. The van der Waals surface area contributed by atoms with Gasteiger partial charge in [0, 0.05) is 10.4 Å². The molecular formula is C12H18N2OS. The van der Waals surface area contributed by atoms with Crippen LogP contribution < -0.4 is 11.1 Å². The molecule has 1 fully saturated rings. The first-order valence-electron chi connectivity index (χ1n) is 5.62. The first-order valence-corrected chi connectivity index (χ1v) is 6.49. The normalized spacial score (nSPS) is 18.2. The number of amides is 1. The Morgan fingerprint density at radius 2 is 2.31 bits per heavy atom. The summed E-state index contributed by atoms with van der Waals surface area (Å²) < 4.78 is 0. The van der Waals surface area contributed by atoms with Crippen LogP contribution in [0.25, 0.3) is 0 Å². The Balaban J connectivity index is 1.97. The lowest BCUT2D eigenvalue weighted by molar-refractivity contribution is -0.124. The Hall–Kier alpha value is -0.870. The summed E-state index contributed by atoms with van der Waals surface area (Å²) in [6, 6.07) is 3.29. The van der Waals surface area contributed by atoms with Gasteiger partial charge >= 0.3 is 0 Å². The number of hydrogen-bond donors (Lipinski definition) is 2. The van der Waals surface area contributed by atoms with Gasteiger partial charge in [-0.25, -0.2) is 0 Å². The second kappa shape index (κ2) is 4.18. The quantitative estimate of drug-likeness (QED) is 0.843. The van der Waals surface area contributed by atoms with Crippen molar-refractivity contribution < 1.29 is 4.79 Å². The summed E-state index contributed by atoms with van der Waals surface area (Å²) in [7, 11) is 0. The molecule has 1 atom stereocenters. The molecule has 1 aromatic rings. The lowest BCUT2D eigenvalue weighted by Crippen LogP contribution is -2.48. The number of hydrogen-bond acceptors (Lipinski definition) is 3. The lowest BCUT2D eigenvalue weighted by atomic mass is 9.98. The zero-order chi connectivity index (χ0) is 11.8. The maximum absolute atomic E-state index is 12.0. The van der Waals surface area contributed by atoms with E-state index in [1.165, 1.54) is 24.2 Å². The molecule has 3 nitrogen and oxygen atoms in total. The molecule has 0 aromatic carbocycles. The first-order chi connectivity index (χ1) is 7.50. The van der Waals surface area contributed by atoms with Crippen LogP contribution in [0.2, 0.25) is 0 Å². The number of carbonyl (C=O) groups is 1. The van der Waals surface area contributed by atoms with Crippen molar-refractivity contribution in [2.24, 2.45) is 11.7 Å². The van der Waals surface area contributed by atoms with Gasteiger partial charge in [-0.1, -0.05) is 6.07 Å². The molecular weight excluding hydrogens is 220 g/mol. The molecule has 1 heterocycles. The third kappa shape index (κ3) is 2.44. The van der Waals surface area contributed by atoms with E-state index in [-0.39, 0.29) is 11.4 Å². The molecule has 0 radical (unpaired) electrons. The molecule has 0 aliphatic heterocycles. The molecule has 1 saturated carbocycles. The van der Waals surface area contributed by atoms with Crippen molar-refractivity contribution in [3.8, 4) is 0 Å². The molecule has 1 aliphatic rings. The van der Waals surface area contributed by atoms with Crippen molar-refractivity contribution in [3.05, 3.63) is 22.4 Å². The summed E-state index contributed by atoms with van der Waals surface area (Å²) in [5, 5.41) is 4.99. The Morgan fingerprint density at radius 1 is 1.62 bits per heavy atom. The highest BCUT2D eigenvalue weighted by Gasteiger charge is 2.39. The minimum atomic E-state index is -0.530. The summed E-state index contributed by atoms with van der Waals surface area (Å²) in [6.07, 6.45) is 2.42. The fourth-order valence-electron chi connectivity index (χ4n) is 1.90. The Labute approximate surface area is 100 Å². The van der Waals surface area contributed by atoms with Crippen molar-refractivity contribution >= 4 is 17.2 Å². The SMILES string of the molecule is CC(C)(NC(=O)C(N)c1cccs1)C1CC1. The average molecular weight is 238 g/mol. The maximum atomic E-state index is 12.0. The van der Waals surface area contributed by atoms with E-state index in [9.17, 15) is 4.79 Å². The van der Waals surface area contributed by atoms with Gasteiger partial charge in [0.25, 0.3) is 0 Å².